The highest BCUT2D eigenvalue weighted by atomic mass is 79.9. The van der Waals surface area contributed by atoms with E-state index in [1.807, 2.05) is 18.2 Å². The highest BCUT2D eigenvalue weighted by molar-refractivity contribution is 9.10. The summed E-state index contributed by atoms with van der Waals surface area (Å²) in [5.41, 5.74) is 3.82. The highest BCUT2D eigenvalue weighted by Crippen LogP contribution is 2.20. The molecule has 0 heterocycles. The zero-order chi connectivity index (χ0) is 8.97. The Balaban J connectivity index is 2.75. The van der Waals surface area contributed by atoms with E-state index in [4.69, 9.17) is 16.4 Å². The third-order valence-corrected chi connectivity index (χ3v) is 2.42. The third kappa shape index (κ3) is 2.75. The Bertz CT molecular complexity index is 267. The molecule has 1 aromatic rings. The molecule has 0 aromatic heterocycles. The van der Waals surface area contributed by atoms with Crippen LogP contribution in [0.15, 0.2) is 22.7 Å². The Hall–Kier alpha value is -0.0900. The van der Waals surface area contributed by atoms with Crippen LogP contribution in [0.4, 0.5) is 0 Å². The van der Waals surface area contributed by atoms with Crippen LogP contribution in [0.5, 0.6) is 0 Å². The first-order valence-corrected chi connectivity index (χ1v) is 4.61. The number of benzene rings is 1. The molecule has 66 valence electrons. The summed E-state index contributed by atoms with van der Waals surface area (Å²) in [6.45, 7) is 0.637. The van der Waals surface area contributed by atoms with Crippen LogP contribution in [0.2, 0.25) is 5.02 Å². The van der Waals surface area contributed by atoms with Gasteiger partial charge in [0.1, 0.15) is 0 Å². The summed E-state index contributed by atoms with van der Waals surface area (Å²) in [6.07, 6.45) is 0. The van der Waals surface area contributed by atoms with E-state index >= 15 is 0 Å². The molecule has 12 heavy (non-hydrogen) atoms. The number of hydrogen-bond acceptors (Lipinski definition) is 2. The molecule has 0 unspecified atom stereocenters. The van der Waals surface area contributed by atoms with Gasteiger partial charge in [-0.05, 0) is 23.8 Å². The molecule has 0 aliphatic heterocycles. The van der Waals surface area contributed by atoms with Crippen LogP contribution in [-0.2, 0) is 11.4 Å². The van der Waals surface area contributed by atoms with Crippen molar-refractivity contribution in [1.82, 2.24) is 5.48 Å². The van der Waals surface area contributed by atoms with Crippen LogP contribution in [0.25, 0.3) is 0 Å². The standard InChI is InChI=1S/C8H9BrClNO/c1-12-11-5-6-4-7(10)2-3-8(6)9/h2-4,11H,5H2,1H3. The predicted octanol–water partition coefficient (Wildman–Crippen LogP) is 2.75. The van der Waals surface area contributed by atoms with E-state index in [0.29, 0.717) is 6.54 Å². The summed E-state index contributed by atoms with van der Waals surface area (Å²) < 4.78 is 1.02. The molecule has 1 aromatic carbocycles. The second-order valence-corrected chi connectivity index (χ2v) is 3.55. The summed E-state index contributed by atoms with van der Waals surface area (Å²) in [7, 11) is 1.58. The van der Waals surface area contributed by atoms with E-state index in [1.54, 1.807) is 7.11 Å². The van der Waals surface area contributed by atoms with Crippen molar-refractivity contribution in [3.8, 4) is 0 Å². The van der Waals surface area contributed by atoms with E-state index in [-0.39, 0.29) is 0 Å². The second-order valence-electron chi connectivity index (χ2n) is 2.26. The van der Waals surface area contributed by atoms with Crippen LogP contribution in [0.1, 0.15) is 5.56 Å². The van der Waals surface area contributed by atoms with E-state index < -0.39 is 0 Å². The van der Waals surface area contributed by atoms with Gasteiger partial charge in [-0.25, -0.2) is 0 Å². The molecule has 0 aliphatic rings. The van der Waals surface area contributed by atoms with Crippen LogP contribution in [-0.4, -0.2) is 7.11 Å². The molecule has 0 saturated heterocycles. The van der Waals surface area contributed by atoms with Crippen LogP contribution in [0.3, 0.4) is 0 Å². The highest BCUT2D eigenvalue weighted by Gasteiger charge is 1.99. The summed E-state index contributed by atoms with van der Waals surface area (Å²) in [5, 5.41) is 0.728. The Morgan fingerprint density at radius 1 is 1.58 bits per heavy atom. The molecule has 0 spiro atoms. The molecule has 0 radical (unpaired) electrons. The maximum Gasteiger partial charge on any atom is 0.0572 e. The lowest BCUT2D eigenvalue weighted by Crippen LogP contribution is -2.10. The number of rotatable bonds is 3. The number of halogens is 2. The van der Waals surface area contributed by atoms with Gasteiger partial charge >= 0.3 is 0 Å². The molecular formula is C8H9BrClNO. The van der Waals surface area contributed by atoms with Crippen molar-refractivity contribution in [1.29, 1.82) is 0 Å². The van der Waals surface area contributed by atoms with Crippen molar-refractivity contribution >= 4 is 27.5 Å². The fraction of sp³-hybridized carbons (Fsp3) is 0.250. The minimum Gasteiger partial charge on any atom is -0.305 e. The average Bonchev–Trinajstić information content (AvgIpc) is 2.07. The zero-order valence-electron chi connectivity index (χ0n) is 6.60. The quantitative estimate of drug-likeness (QED) is 0.833. The summed E-state index contributed by atoms with van der Waals surface area (Å²) in [5.74, 6) is 0. The Morgan fingerprint density at radius 2 is 2.33 bits per heavy atom. The molecule has 1 N–H and O–H groups in total. The van der Waals surface area contributed by atoms with Gasteiger partial charge < -0.3 is 4.84 Å². The SMILES string of the molecule is CONCc1cc(Cl)ccc1Br. The number of hydroxylamine groups is 1. The summed E-state index contributed by atoms with van der Waals surface area (Å²) >= 11 is 9.21. The Morgan fingerprint density at radius 3 is 3.00 bits per heavy atom. The Labute approximate surface area is 84.9 Å². The number of hydrogen-bond donors (Lipinski definition) is 1. The molecule has 0 fully saturated rings. The van der Waals surface area contributed by atoms with Crippen molar-refractivity contribution in [2.75, 3.05) is 7.11 Å². The lowest BCUT2D eigenvalue weighted by Gasteiger charge is -2.04. The fourth-order valence-corrected chi connectivity index (χ4v) is 1.41. The third-order valence-electron chi connectivity index (χ3n) is 1.41. The van der Waals surface area contributed by atoms with Crippen LogP contribution >= 0.6 is 27.5 Å². The molecule has 1 rings (SSSR count). The van der Waals surface area contributed by atoms with Crippen LogP contribution < -0.4 is 5.48 Å². The van der Waals surface area contributed by atoms with Crippen molar-refractivity contribution in [3.63, 3.8) is 0 Å². The average molecular weight is 251 g/mol. The van der Waals surface area contributed by atoms with Gasteiger partial charge in [-0.2, -0.15) is 5.48 Å². The minimum atomic E-state index is 0.637. The van der Waals surface area contributed by atoms with Crippen molar-refractivity contribution in [2.45, 2.75) is 6.54 Å². The molecule has 2 nitrogen and oxygen atoms in total. The molecule has 0 amide bonds. The van der Waals surface area contributed by atoms with Crippen molar-refractivity contribution in [2.24, 2.45) is 0 Å². The fourth-order valence-electron chi connectivity index (χ4n) is 0.829. The smallest absolute Gasteiger partial charge is 0.0572 e. The van der Waals surface area contributed by atoms with E-state index in [9.17, 15) is 0 Å². The number of nitrogens with one attached hydrogen (secondary N) is 1. The molecule has 0 atom stereocenters. The maximum atomic E-state index is 5.81. The van der Waals surface area contributed by atoms with Gasteiger partial charge in [0.2, 0.25) is 0 Å². The zero-order valence-corrected chi connectivity index (χ0v) is 8.95. The lowest BCUT2D eigenvalue weighted by molar-refractivity contribution is 0.0866. The van der Waals surface area contributed by atoms with Gasteiger partial charge in [-0.15, -0.1) is 0 Å². The summed E-state index contributed by atoms with van der Waals surface area (Å²) in [4.78, 5) is 4.73. The van der Waals surface area contributed by atoms with Crippen molar-refractivity contribution in [3.05, 3.63) is 33.3 Å². The van der Waals surface area contributed by atoms with E-state index in [2.05, 4.69) is 21.4 Å². The molecule has 0 bridgehead atoms. The minimum absolute atomic E-state index is 0.637. The van der Waals surface area contributed by atoms with E-state index in [1.165, 1.54) is 0 Å². The maximum absolute atomic E-state index is 5.81. The summed E-state index contributed by atoms with van der Waals surface area (Å²) in [6, 6.07) is 5.63. The van der Waals surface area contributed by atoms with Gasteiger partial charge in [0, 0.05) is 16.0 Å². The van der Waals surface area contributed by atoms with Gasteiger partial charge in [0.05, 0.1) is 7.11 Å². The molecular weight excluding hydrogens is 241 g/mol. The monoisotopic (exact) mass is 249 g/mol. The van der Waals surface area contributed by atoms with Gasteiger partial charge in [-0.3, -0.25) is 0 Å². The predicted molar refractivity (Wildman–Crippen MR) is 53.0 cm³/mol. The first-order chi connectivity index (χ1) is 5.74. The normalized spacial score (nSPS) is 10.2. The molecule has 4 heteroatoms. The van der Waals surface area contributed by atoms with E-state index in [0.717, 1.165) is 15.1 Å². The Kier molecular flexibility index (Phi) is 4.01. The lowest BCUT2D eigenvalue weighted by atomic mass is 10.2. The van der Waals surface area contributed by atoms with Gasteiger partial charge in [0.15, 0.2) is 0 Å². The largest absolute Gasteiger partial charge is 0.305 e. The van der Waals surface area contributed by atoms with Crippen LogP contribution in [0, 0.1) is 0 Å². The first-order valence-electron chi connectivity index (χ1n) is 3.44. The molecule has 0 saturated carbocycles. The first kappa shape index (κ1) is 9.99. The topological polar surface area (TPSA) is 21.3 Å². The molecule has 0 aliphatic carbocycles. The second kappa shape index (κ2) is 4.82. The van der Waals surface area contributed by atoms with Gasteiger partial charge in [0.25, 0.3) is 0 Å². The van der Waals surface area contributed by atoms with Gasteiger partial charge in [-0.1, -0.05) is 27.5 Å². The van der Waals surface area contributed by atoms with Crippen molar-refractivity contribution < 1.29 is 4.84 Å².